The van der Waals surface area contributed by atoms with E-state index in [0.717, 1.165) is 6.42 Å². The highest BCUT2D eigenvalue weighted by Crippen LogP contribution is 2.13. The third kappa shape index (κ3) is 2.80. The highest BCUT2D eigenvalue weighted by atomic mass is 32.2. The van der Waals surface area contributed by atoms with Crippen molar-refractivity contribution >= 4 is 9.84 Å². The molecular weight excluding hydrogens is 203 g/mol. The predicted molar refractivity (Wildman–Crippen MR) is 53.4 cm³/mol. The normalized spacial score (nSPS) is 11.6. The van der Waals surface area contributed by atoms with Crippen molar-refractivity contribution in [2.45, 2.75) is 24.7 Å². The van der Waals surface area contributed by atoms with Gasteiger partial charge in [-0.3, -0.25) is 0 Å². The molecule has 0 heterocycles. The molecule has 0 N–H and O–H groups in total. The predicted octanol–water partition coefficient (Wildman–Crippen LogP) is 2.40. The van der Waals surface area contributed by atoms with Crippen molar-refractivity contribution in [3.05, 3.63) is 30.1 Å². The molecule has 14 heavy (non-hydrogen) atoms. The van der Waals surface area contributed by atoms with Crippen molar-refractivity contribution in [3.63, 3.8) is 0 Å². The van der Waals surface area contributed by atoms with Gasteiger partial charge in [-0.05, 0) is 30.7 Å². The van der Waals surface area contributed by atoms with E-state index in [1.54, 1.807) is 0 Å². The number of hydrogen-bond donors (Lipinski definition) is 0. The molecule has 0 saturated carbocycles. The van der Waals surface area contributed by atoms with Crippen molar-refractivity contribution in [1.82, 2.24) is 0 Å². The van der Waals surface area contributed by atoms with Crippen molar-refractivity contribution in [3.8, 4) is 0 Å². The van der Waals surface area contributed by atoms with Gasteiger partial charge in [0.05, 0.1) is 10.6 Å². The van der Waals surface area contributed by atoms with Crippen LogP contribution in [0.2, 0.25) is 0 Å². The first-order valence-corrected chi connectivity index (χ1v) is 6.20. The van der Waals surface area contributed by atoms with Gasteiger partial charge in [-0.25, -0.2) is 12.8 Å². The monoisotopic (exact) mass is 216 g/mol. The maximum absolute atomic E-state index is 12.5. The lowest BCUT2D eigenvalue weighted by Crippen LogP contribution is -2.06. The fourth-order valence-electron chi connectivity index (χ4n) is 1.09. The van der Waals surface area contributed by atoms with E-state index in [0.29, 0.717) is 6.42 Å². The topological polar surface area (TPSA) is 34.1 Å². The van der Waals surface area contributed by atoms with Crippen LogP contribution in [-0.4, -0.2) is 14.2 Å². The van der Waals surface area contributed by atoms with Crippen LogP contribution in [0.3, 0.4) is 0 Å². The largest absolute Gasteiger partial charge is 0.224 e. The Morgan fingerprint density at radius 3 is 2.29 bits per heavy atom. The fraction of sp³-hybridized carbons (Fsp3) is 0.400. The summed E-state index contributed by atoms with van der Waals surface area (Å²) >= 11 is 0. The van der Waals surface area contributed by atoms with Crippen LogP contribution in [0, 0.1) is 5.82 Å². The number of rotatable bonds is 4. The smallest absolute Gasteiger partial charge is 0.178 e. The van der Waals surface area contributed by atoms with Gasteiger partial charge in [-0.15, -0.1) is 0 Å². The SMILES string of the molecule is CCCCS(=O)(=O)c1ccc(F)cc1. The first-order valence-electron chi connectivity index (χ1n) is 4.54. The van der Waals surface area contributed by atoms with E-state index in [9.17, 15) is 12.8 Å². The molecule has 4 heteroatoms. The van der Waals surface area contributed by atoms with E-state index >= 15 is 0 Å². The van der Waals surface area contributed by atoms with Crippen LogP contribution in [0.25, 0.3) is 0 Å². The van der Waals surface area contributed by atoms with Gasteiger partial charge < -0.3 is 0 Å². The third-order valence-electron chi connectivity index (χ3n) is 1.94. The Balaban J connectivity index is 2.87. The Labute approximate surface area is 83.7 Å². The highest BCUT2D eigenvalue weighted by Gasteiger charge is 2.12. The molecule has 0 spiro atoms. The summed E-state index contributed by atoms with van der Waals surface area (Å²) < 4.78 is 35.7. The summed E-state index contributed by atoms with van der Waals surface area (Å²) in [4.78, 5) is 0.201. The molecule has 0 fully saturated rings. The van der Waals surface area contributed by atoms with Gasteiger partial charge >= 0.3 is 0 Å². The zero-order valence-corrected chi connectivity index (χ0v) is 8.85. The van der Waals surface area contributed by atoms with Crippen molar-refractivity contribution in [2.75, 3.05) is 5.75 Å². The van der Waals surface area contributed by atoms with Gasteiger partial charge in [0.1, 0.15) is 5.82 Å². The van der Waals surface area contributed by atoms with Crippen molar-refractivity contribution in [2.24, 2.45) is 0 Å². The average molecular weight is 216 g/mol. The summed E-state index contributed by atoms with van der Waals surface area (Å²) in [6.45, 7) is 1.93. The molecule has 0 amide bonds. The zero-order chi connectivity index (χ0) is 10.6. The molecule has 1 aromatic carbocycles. The maximum Gasteiger partial charge on any atom is 0.178 e. The molecule has 0 atom stereocenters. The summed E-state index contributed by atoms with van der Waals surface area (Å²) in [5.41, 5.74) is 0. The first-order chi connectivity index (χ1) is 6.56. The van der Waals surface area contributed by atoms with Gasteiger partial charge in [-0.1, -0.05) is 13.3 Å². The molecule has 0 aromatic heterocycles. The third-order valence-corrected chi connectivity index (χ3v) is 3.76. The number of unbranched alkanes of at least 4 members (excludes halogenated alkanes) is 1. The van der Waals surface area contributed by atoms with Gasteiger partial charge in [0.15, 0.2) is 9.84 Å². The second-order valence-corrected chi connectivity index (χ2v) is 5.24. The van der Waals surface area contributed by atoms with E-state index in [-0.39, 0.29) is 10.6 Å². The molecule has 0 unspecified atom stereocenters. The molecule has 0 bridgehead atoms. The van der Waals surface area contributed by atoms with Crippen molar-refractivity contribution < 1.29 is 12.8 Å². The minimum absolute atomic E-state index is 0.134. The second-order valence-electron chi connectivity index (χ2n) is 3.13. The second kappa shape index (κ2) is 4.55. The molecule has 1 rings (SSSR count). The highest BCUT2D eigenvalue weighted by molar-refractivity contribution is 7.91. The van der Waals surface area contributed by atoms with E-state index in [2.05, 4.69) is 0 Å². The minimum atomic E-state index is -3.21. The average Bonchev–Trinajstić information content (AvgIpc) is 2.16. The summed E-state index contributed by atoms with van der Waals surface area (Å²) in [6, 6.07) is 4.94. The van der Waals surface area contributed by atoms with Gasteiger partial charge in [0, 0.05) is 0 Å². The molecule has 2 nitrogen and oxygen atoms in total. The summed E-state index contributed by atoms with van der Waals surface area (Å²) in [5, 5.41) is 0. The Morgan fingerprint density at radius 2 is 1.79 bits per heavy atom. The van der Waals surface area contributed by atoms with E-state index in [1.165, 1.54) is 24.3 Å². The maximum atomic E-state index is 12.5. The van der Waals surface area contributed by atoms with Crippen LogP contribution in [0.5, 0.6) is 0 Å². The van der Waals surface area contributed by atoms with Crippen LogP contribution < -0.4 is 0 Å². The van der Waals surface area contributed by atoms with Crippen LogP contribution in [0.15, 0.2) is 29.2 Å². The standard InChI is InChI=1S/C10H13FO2S/c1-2-3-8-14(12,13)10-6-4-9(11)5-7-10/h4-7H,2-3,8H2,1H3. The molecule has 0 aliphatic carbocycles. The molecule has 0 aliphatic heterocycles. The Bertz CT molecular complexity index is 381. The van der Waals surface area contributed by atoms with E-state index < -0.39 is 15.7 Å². The molecular formula is C10H13FO2S. The van der Waals surface area contributed by atoms with Crippen LogP contribution in [-0.2, 0) is 9.84 Å². The number of hydrogen-bond acceptors (Lipinski definition) is 2. The van der Waals surface area contributed by atoms with E-state index in [4.69, 9.17) is 0 Å². The number of halogens is 1. The number of sulfone groups is 1. The lowest BCUT2D eigenvalue weighted by molar-refractivity contribution is 0.591. The molecule has 0 saturated heterocycles. The fourth-order valence-corrected chi connectivity index (χ4v) is 2.55. The minimum Gasteiger partial charge on any atom is -0.224 e. The summed E-state index contributed by atoms with van der Waals surface area (Å²) in [6.07, 6.45) is 1.47. The molecule has 0 radical (unpaired) electrons. The first kappa shape index (κ1) is 11.2. The Hall–Kier alpha value is -0.900. The summed E-state index contributed by atoms with van der Waals surface area (Å²) in [7, 11) is -3.21. The lowest BCUT2D eigenvalue weighted by atomic mass is 10.3. The quantitative estimate of drug-likeness (QED) is 0.724. The summed E-state index contributed by atoms with van der Waals surface area (Å²) in [5.74, 6) is -0.283. The van der Waals surface area contributed by atoms with E-state index in [1.807, 2.05) is 6.92 Å². The van der Waals surface area contributed by atoms with Crippen LogP contribution >= 0.6 is 0 Å². The van der Waals surface area contributed by atoms with Gasteiger partial charge in [0.25, 0.3) is 0 Å². The number of benzene rings is 1. The van der Waals surface area contributed by atoms with Crippen LogP contribution in [0.1, 0.15) is 19.8 Å². The van der Waals surface area contributed by atoms with Gasteiger partial charge in [-0.2, -0.15) is 0 Å². The molecule has 1 aromatic rings. The van der Waals surface area contributed by atoms with Gasteiger partial charge in [0.2, 0.25) is 0 Å². The molecule has 0 aliphatic rings. The molecule has 78 valence electrons. The lowest BCUT2D eigenvalue weighted by Gasteiger charge is -2.02. The zero-order valence-electron chi connectivity index (χ0n) is 8.03. The Morgan fingerprint density at radius 1 is 1.21 bits per heavy atom. The van der Waals surface area contributed by atoms with Crippen molar-refractivity contribution in [1.29, 1.82) is 0 Å². The van der Waals surface area contributed by atoms with Crippen LogP contribution in [0.4, 0.5) is 4.39 Å². The Kier molecular flexibility index (Phi) is 3.63.